The van der Waals surface area contributed by atoms with Crippen LogP contribution in [0.5, 0.6) is 0 Å². The first-order chi connectivity index (χ1) is 9.27. The van der Waals surface area contributed by atoms with Crippen LogP contribution < -0.4 is 0 Å². The normalized spacial score (nSPS) is 10.8. The number of para-hydroxylation sites is 1. The van der Waals surface area contributed by atoms with Crippen LogP contribution in [0.2, 0.25) is 0 Å². The zero-order valence-electron chi connectivity index (χ0n) is 11.5. The van der Waals surface area contributed by atoms with E-state index in [1.807, 2.05) is 49.2 Å². The number of hydrogen-bond donors (Lipinski definition) is 1. The molecule has 2 rings (SSSR count). The van der Waals surface area contributed by atoms with Gasteiger partial charge in [-0.05, 0) is 26.0 Å². The topological polar surface area (TPSA) is 45.3 Å². The highest BCUT2D eigenvalue weighted by Crippen LogP contribution is 2.18. The molecule has 0 bridgehead atoms. The predicted molar refractivity (Wildman–Crippen MR) is 76.4 cm³/mol. The van der Waals surface area contributed by atoms with Gasteiger partial charge in [-0.25, -0.2) is 0 Å². The standard InChI is InChI=1S/C15H20N2O2/c1-3-17(10-11-19-4-2)15(18)13-7-5-6-12-8-9-16-14(12)13/h5-9,16H,3-4,10-11H2,1-2H3. The Hall–Kier alpha value is -1.81. The van der Waals surface area contributed by atoms with Gasteiger partial charge in [-0.15, -0.1) is 0 Å². The molecular formula is C15H20N2O2. The predicted octanol–water partition coefficient (Wildman–Crippen LogP) is 2.67. The van der Waals surface area contributed by atoms with Crippen LogP contribution in [0.25, 0.3) is 10.9 Å². The Morgan fingerprint density at radius 3 is 2.89 bits per heavy atom. The lowest BCUT2D eigenvalue weighted by molar-refractivity contribution is 0.0671. The Morgan fingerprint density at radius 2 is 2.16 bits per heavy atom. The van der Waals surface area contributed by atoms with Crippen LogP contribution in [-0.4, -0.2) is 42.1 Å². The number of nitrogens with zero attached hydrogens (tertiary/aromatic N) is 1. The Balaban J connectivity index is 2.19. The third-order valence-corrected chi connectivity index (χ3v) is 3.20. The number of carbonyl (C=O) groups excluding carboxylic acids is 1. The highest BCUT2D eigenvalue weighted by Gasteiger charge is 2.16. The number of rotatable bonds is 6. The van der Waals surface area contributed by atoms with Crippen LogP contribution >= 0.6 is 0 Å². The van der Waals surface area contributed by atoms with Crippen molar-refractivity contribution in [2.24, 2.45) is 0 Å². The van der Waals surface area contributed by atoms with E-state index in [-0.39, 0.29) is 5.91 Å². The van der Waals surface area contributed by atoms with E-state index in [4.69, 9.17) is 4.74 Å². The quantitative estimate of drug-likeness (QED) is 0.812. The molecule has 2 aromatic rings. The van der Waals surface area contributed by atoms with E-state index in [0.29, 0.717) is 26.3 Å². The van der Waals surface area contributed by atoms with Gasteiger partial charge in [0.15, 0.2) is 0 Å². The van der Waals surface area contributed by atoms with E-state index < -0.39 is 0 Å². The van der Waals surface area contributed by atoms with Crippen molar-refractivity contribution in [2.45, 2.75) is 13.8 Å². The minimum atomic E-state index is 0.0512. The summed E-state index contributed by atoms with van der Waals surface area (Å²) in [6.45, 7) is 6.51. The molecule has 0 radical (unpaired) electrons. The number of ether oxygens (including phenoxy) is 1. The maximum atomic E-state index is 12.5. The van der Waals surface area contributed by atoms with Crippen LogP contribution in [0.1, 0.15) is 24.2 Å². The molecule has 1 amide bonds. The Labute approximate surface area is 113 Å². The van der Waals surface area contributed by atoms with Crippen LogP contribution in [0, 0.1) is 0 Å². The summed E-state index contributed by atoms with van der Waals surface area (Å²) >= 11 is 0. The van der Waals surface area contributed by atoms with Crippen LogP contribution in [-0.2, 0) is 4.74 Å². The third kappa shape index (κ3) is 2.96. The molecule has 0 aliphatic heterocycles. The lowest BCUT2D eigenvalue weighted by Gasteiger charge is -2.21. The molecule has 4 nitrogen and oxygen atoms in total. The van der Waals surface area contributed by atoms with E-state index in [2.05, 4.69) is 4.98 Å². The van der Waals surface area contributed by atoms with Crippen LogP contribution in [0.15, 0.2) is 30.5 Å². The summed E-state index contributed by atoms with van der Waals surface area (Å²) in [5, 5.41) is 1.06. The monoisotopic (exact) mass is 260 g/mol. The van der Waals surface area contributed by atoms with Gasteiger partial charge in [-0.3, -0.25) is 4.79 Å². The summed E-state index contributed by atoms with van der Waals surface area (Å²) in [4.78, 5) is 17.5. The minimum absolute atomic E-state index is 0.0512. The van der Waals surface area contributed by atoms with Gasteiger partial charge in [0.05, 0.1) is 17.7 Å². The molecule has 0 atom stereocenters. The molecule has 1 heterocycles. The van der Waals surface area contributed by atoms with Crippen molar-refractivity contribution in [1.82, 2.24) is 9.88 Å². The van der Waals surface area contributed by atoms with Crippen molar-refractivity contribution >= 4 is 16.8 Å². The zero-order valence-corrected chi connectivity index (χ0v) is 11.5. The van der Waals surface area contributed by atoms with Gasteiger partial charge in [-0.1, -0.05) is 12.1 Å². The molecule has 1 aromatic heterocycles. The van der Waals surface area contributed by atoms with E-state index in [0.717, 1.165) is 16.5 Å². The molecule has 0 unspecified atom stereocenters. The van der Waals surface area contributed by atoms with Gasteiger partial charge < -0.3 is 14.6 Å². The number of likely N-dealkylation sites (N-methyl/N-ethyl adjacent to an activating group) is 1. The van der Waals surface area contributed by atoms with Crippen molar-refractivity contribution in [3.05, 3.63) is 36.0 Å². The summed E-state index contributed by atoms with van der Waals surface area (Å²) in [6.07, 6.45) is 1.86. The lowest BCUT2D eigenvalue weighted by atomic mass is 10.1. The number of aromatic nitrogens is 1. The molecule has 0 saturated heterocycles. The smallest absolute Gasteiger partial charge is 0.256 e. The zero-order chi connectivity index (χ0) is 13.7. The Morgan fingerprint density at radius 1 is 1.32 bits per heavy atom. The van der Waals surface area contributed by atoms with E-state index >= 15 is 0 Å². The highest BCUT2D eigenvalue weighted by atomic mass is 16.5. The van der Waals surface area contributed by atoms with Crippen LogP contribution in [0.3, 0.4) is 0 Å². The van der Waals surface area contributed by atoms with E-state index in [1.165, 1.54) is 0 Å². The average Bonchev–Trinajstić information content (AvgIpc) is 2.91. The van der Waals surface area contributed by atoms with Gasteiger partial charge in [-0.2, -0.15) is 0 Å². The molecule has 0 saturated carbocycles. The van der Waals surface area contributed by atoms with Gasteiger partial charge in [0, 0.05) is 31.3 Å². The first-order valence-corrected chi connectivity index (χ1v) is 6.71. The summed E-state index contributed by atoms with van der Waals surface area (Å²) in [6, 6.07) is 7.76. The fraction of sp³-hybridized carbons (Fsp3) is 0.400. The largest absolute Gasteiger partial charge is 0.380 e. The van der Waals surface area contributed by atoms with Crippen LogP contribution in [0.4, 0.5) is 0 Å². The average molecular weight is 260 g/mol. The molecule has 4 heteroatoms. The molecule has 19 heavy (non-hydrogen) atoms. The van der Waals surface area contributed by atoms with Crippen molar-refractivity contribution in [2.75, 3.05) is 26.3 Å². The minimum Gasteiger partial charge on any atom is -0.380 e. The van der Waals surface area contributed by atoms with E-state index in [9.17, 15) is 4.79 Å². The number of nitrogens with one attached hydrogen (secondary N) is 1. The molecule has 1 N–H and O–H groups in total. The number of aromatic amines is 1. The summed E-state index contributed by atoms with van der Waals surface area (Å²) in [5.74, 6) is 0.0512. The molecule has 0 fully saturated rings. The second-order valence-corrected chi connectivity index (χ2v) is 4.33. The SMILES string of the molecule is CCOCCN(CC)C(=O)c1cccc2cc[nH]c12. The van der Waals surface area contributed by atoms with Crippen molar-refractivity contribution in [3.63, 3.8) is 0 Å². The van der Waals surface area contributed by atoms with Gasteiger partial charge >= 0.3 is 0 Å². The summed E-state index contributed by atoms with van der Waals surface area (Å²) in [5.41, 5.74) is 1.63. The number of fused-ring (bicyclic) bond motifs is 1. The van der Waals surface area contributed by atoms with Crippen molar-refractivity contribution in [1.29, 1.82) is 0 Å². The second kappa shape index (κ2) is 6.38. The first-order valence-electron chi connectivity index (χ1n) is 6.71. The Kier molecular flexibility index (Phi) is 4.58. The number of amides is 1. The number of hydrogen-bond acceptors (Lipinski definition) is 2. The number of carbonyl (C=O) groups is 1. The maximum absolute atomic E-state index is 12.5. The molecular weight excluding hydrogens is 240 g/mol. The van der Waals surface area contributed by atoms with Crippen molar-refractivity contribution in [3.8, 4) is 0 Å². The first kappa shape index (κ1) is 13.6. The maximum Gasteiger partial charge on any atom is 0.256 e. The summed E-state index contributed by atoms with van der Waals surface area (Å²) in [7, 11) is 0. The Bertz CT molecular complexity index is 548. The van der Waals surface area contributed by atoms with Crippen molar-refractivity contribution < 1.29 is 9.53 Å². The molecule has 102 valence electrons. The highest BCUT2D eigenvalue weighted by molar-refractivity contribution is 6.05. The molecule has 0 spiro atoms. The van der Waals surface area contributed by atoms with Gasteiger partial charge in [0.2, 0.25) is 0 Å². The number of H-pyrrole nitrogens is 1. The fourth-order valence-electron chi connectivity index (χ4n) is 2.16. The summed E-state index contributed by atoms with van der Waals surface area (Å²) < 4.78 is 5.32. The number of benzene rings is 1. The van der Waals surface area contributed by atoms with Gasteiger partial charge in [0.1, 0.15) is 0 Å². The lowest BCUT2D eigenvalue weighted by Crippen LogP contribution is -2.34. The van der Waals surface area contributed by atoms with Gasteiger partial charge in [0.25, 0.3) is 5.91 Å². The molecule has 0 aliphatic carbocycles. The fourth-order valence-corrected chi connectivity index (χ4v) is 2.16. The molecule has 0 aliphatic rings. The second-order valence-electron chi connectivity index (χ2n) is 4.33. The van der Waals surface area contributed by atoms with E-state index in [1.54, 1.807) is 0 Å². The third-order valence-electron chi connectivity index (χ3n) is 3.20. The molecule has 1 aromatic carbocycles.